The molecule has 0 aromatic heterocycles. The molecule has 5 heteroatoms. The maximum absolute atomic E-state index is 11.9. The molecule has 0 aliphatic heterocycles. The van der Waals surface area contributed by atoms with Crippen molar-refractivity contribution in [2.45, 2.75) is 45.6 Å². The van der Waals surface area contributed by atoms with Crippen molar-refractivity contribution in [3.8, 4) is 0 Å². The van der Waals surface area contributed by atoms with Gasteiger partial charge in [-0.25, -0.2) is 0 Å². The first kappa shape index (κ1) is 17.2. The molecule has 0 bridgehead atoms. The van der Waals surface area contributed by atoms with Crippen LogP contribution in [0.25, 0.3) is 0 Å². The summed E-state index contributed by atoms with van der Waals surface area (Å²) in [6.07, 6.45) is 1.23. The Hall–Kier alpha value is -1.88. The first-order valence-electron chi connectivity index (χ1n) is 7.27. The summed E-state index contributed by atoms with van der Waals surface area (Å²) in [4.78, 5) is 23.7. The molecule has 0 fully saturated rings. The number of benzene rings is 1. The summed E-state index contributed by atoms with van der Waals surface area (Å²) in [7, 11) is 0. The lowest BCUT2D eigenvalue weighted by molar-refractivity contribution is -0.136. The van der Waals surface area contributed by atoms with Gasteiger partial charge in [-0.3, -0.25) is 9.59 Å². The van der Waals surface area contributed by atoms with Crippen molar-refractivity contribution in [2.75, 3.05) is 11.9 Å². The Balaban J connectivity index is 2.63. The number of rotatable bonds is 6. The summed E-state index contributed by atoms with van der Waals surface area (Å²) >= 11 is 0. The Kier molecular flexibility index (Phi) is 6.88. The van der Waals surface area contributed by atoms with Crippen LogP contribution in [-0.2, 0) is 9.59 Å². The number of amides is 2. The Morgan fingerprint density at radius 3 is 2.43 bits per heavy atom. The van der Waals surface area contributed by atoms with Crippen LogP contribution in [0.2, 0.25) is 0 Å². The average molecular weight is 292 g/mol. The van der Waals surface area contributed by atoms with Gasteiger partial charge in [0.2, 0.25) is 0 Å². The van der Waals surface area contributed by atoms with Gasteiger partial charge in [0, 0.05) is 18.3 Å². The van der Waals surface area contributed by atoms with E-state index in [0.717, 1.165) is 5.56 Å². The van der Waals surface area contributed by atoms with E-state index in [1.807, 2.05) is 39.0 Å². The van der Waals surface area contributed by atoms with Gasteiger partial charge in [-0.15, -0.1) is 0 Å². The zero-order valence-electron chi connectivity index (χ0n) is 12.8. The van der Waals surface area contributed by atoms with Crippen LogP contribution in [0.1, 0.15) is 45.1 Å². The van der Waals surface area contributed by atoms with Gasteiger partial charge in [0.1, 0.15) is 0 Å². The summed E-state index contributed by atoms with van der Waals surface area (Å²) in [6.45, 7) is 5.95. The molecule has 1 aromatic rings. The van der Waals surface area contributed by atoms with Gasteiger partial charge in [-0.05, 0) is 37.3 Å². The first-order valence-corrected chi connectivity index (χ1v) is 7.27. The molecule has 5 nitrogen and oxygen atoms in total. The zero-order valence-corrected chi connectivity index (χ0v) is 12.8. The highest BCUT2D eigenvalue weighted by atomic mass is 16.3. The quantitative estimate of drug-likeness (QED) is 0.702. The Morgan fingerprint density at radius 2 is 1.81 bits per heavy atom. The van der Waals surface area contributed by atoms with E-state index in [4.69, 9.17) is 5.11 Å². The molecule has 21 heavy (non-hydrogen) atoms. The third kappa shape index (κ3) is 5.55. The highest BCUT2D eigenvalue weighted by molar-refractivity contribution is 6.39. The zero-order chi connectivity index (χ0) is 15.8. The molecule has 3 N–H and O–H groups in total. The predicted molar refractivity (Wildman–Crippen MR) is 83.1 cm³/mol. The molecular formula is C16H24N2O3. The smallest absolute Gasteiger partial charge is 0.313 e. The van der Waals surface area contributed by atoms with Gasteiger partial charge in [0.25, 0.3) is 0 Å². The van der Waals surface area contributed by atoms with Crippen molar-refractivity contribution in [1.29, 1.82) is 0 Å². The van der Waals surface area contributed by atoms with Crippen LogP contribution in [0.4, 0.5) is 5.69 Å². The van der Waals surface area contributed by atoms with E-state index in [-0.39, 0.29) is 18.6 Å². The van der Waals surface area contributed by atoms with Crippen molar-refractivity contribution in [1.82, 2.24) is 5.32 Å². The second-order valence-corrected chi connectivity index (χ2v) is 5.44. The molecule has 116 valence electrons. The topological polar surface area (TPSA) is 78.4 Å². The van der Waals surface area contributed by atoms with Crippen LogP contribution in [-0.4, -0.2) is 29.6 Å². The minimum Gasteiger partial charge on any atom is -0.396 e. The lowest BCUT2D eigenvalue weighted by Gasteiger charge is -2.15. The van der Waals surface area contributed by atoms with E-state index in [9.17, 15) is 9.59 Å². The number of hydrogen-bond donors (Lipinski definition) is 3. The first-order chi connectivity index (χ1) is 9.95. The van der Waals surface area contributed by atoms with Gasteiger partial charge in [-0.1, -0.05) is 32.0 Å². The molecule has 1 atom stereocenters. The van der Waals surface area contributed by atoms with Crippen molar-refractivity contribution in [3.05, 3.63) is 29.8 Å². The number of aliphatic hydroxyl groups is 1. The van der Waals surface area contributed by atoms with Gasteiger partial charge >= 0.3 is 11.8 Å². The minimum atomic E-state index is -0.668. The number of para-hydroxylation sites is 1. The van der Waals surface area contributed by atoms with Crippen LogP contribution >= 0.6 is 0 Å². The molecule has 0 heterocycles. The fourth-order valence-corrected chi connectivity index (χ4v) is 2.05. The third-order valence-corrected chi connectivity index (χ3v) is 3.21. The molecule has 1 unspecified atom stereocenters. The van der Waals surface area contributed by atoms with Gasteiger partial charge < -0.3 is 15.7 Å². The van der Waals surface area contributed by atoms with Crippen LogP contribution in [0.5, 0.6) is 0 Å². The second-order valence-electron chi connectivity index (χ2n) is 5.44. The number of carbonyl (C=O) groups is 2. The van der Waals surface area contributed by atoms with E-state index in [0.29, 0.717) is 18.5 Å². The number of carbonyl (C=O) groups excluding carboxylic acids is 2. The van der Waals surface area contributed by atoms with Gasteiger partial charge in [0.15, 0.2) is 0 Å². The Bertz CT molecular complexity index is 486. The number of anilines is 1. The van der Waals surface area contributed by atoms with Crippen LogP contribution < -0.4 is 10.6 Å². The molecule has 1 rings (SSSR count). The monoisotopic (exact) mass is 292 g/mol. The average Bonchev–Trinajstić information content (AvgIpc) is 2.45. The highest BCUT2D eigenvalue weighted by Gasteiger charge is 2.17. The van der Waals surface area contributed by atoms with Crippen molar-refractivity contribution < 1.29 is 14.7 Å². The summed E-state index contributed by atoms with van der Waals surface area (Å²) in [6, 6.07) is 7.30. The van der Waals surface area contributed by atoms with E-state index >= 15 is 0 Å². The van der Waals surface area contributed by atoms with Crippen molar-refractivity contribution >= 4 is 17.5 Å². The SMILES string of the molecule is CC(CCCO)NC(=O)C(=O)Nc1ccccc1C(C)C. The Morgan fingerprint density at radius 1 is 1.14 bits per heavy atom. The highest BCUT2D eigenvalue weighted by Crippen LogP contribution is 2.23. The maximum Gasteiger partial charge on any atom is 0.313 e. The molecule has 0 spiro atoms. The second kappa shape index (κ2) is 8.42. The number of hydrogen-bond acceptors (Lipinski definition) is 3. The molecular weight excluding hydrogens is 268 g/mol. The fourth-order valence-electron chi connectivity index (χ4n) is 2.05. The molecule has 1 aromatic carbocycles. The van der Waals surface area contributed by atoms with E-state index in [1.54, 1.807) is 6.07 Å². The normalized spacial score (nSPS) is 12.0. The predicted octanol–water partition coefficient (Wildman–Crippen LogP) is 2.03. The molecule has 2 amide bonds. The summed E-state index contributed by atoms with van der Waals surface area (Å²) in [5, 5.41) is 14.0. The van der Waals surface area contributed by atoms with Crippen LogP contribution in [0, 0.1) is 0 Å². The van der Waals surface area contributed by atoms with Gasteiger partial charge in [0.05, 0.1) is 0 Å². The largest absolute Gasteiger partial charge is 0.396 e. The minimum absolute atomic E-state index is 0.0776. The molecule has 0 radical (unpaired) electrons. The standard InChI is InChI=1S/C16H24N2O3/c1-11(2)13-8-4-5-9-14(13)18-16(21)15(20)17-12(3)7-6-10-19/h4-5,8-9,11-12,19H,6-7,10H2,1-3H3,(H,17,20)(H,18,21). The lowest BCUT2D eigenvalue weighted by atomic mass is 10.0. The van der Waals surface area contributed by atoms with E-state index < -0.39 is 11.8 Å². The fraction of sp³-hybridized carbons (Fsp3) is 0.500. The van der Waals surface area contributed by atoms with E-state index in [1.165, 1.54) is 0 Å². The van der Waals surface area contributed by atoms with Crippen LogP contribution in [0.3, 0.4) is 0 Å². The maximum atomic E-state index is 11.9. The summed E-state index contributed by atoms with van der Waals surface area (Å²) < 4.78 is 0. The third-order valence-electron chi connectivity index (χ3n) is 3.21. The molecule has 0 aliphatic carbocycles. The van der Waals surface area contributed by atoms with E-state index in [2.05, 4.69) is 10.6 Å². The summed E-state index contributed by atoms with van der Waals surface area (Å²) in [5.41, 5.74) is 1.66. The van der Waals surface area contributed by atoms with Crippen molar-refractivity contribution in [3.63, 3.8) is 0 Å². The van der Waals surface area contributed by atoms with Crippen LogP contribution in [0.15, 0.2) is 24.3 Å². The van der Waals surface area contributed by atoms with Crippen molar-refractivity contribution in [2.24, 2.45) is 0 Å². The number of aliphatic hydroxyl groups excluding tert-OH is 1. The molecule has 0 saturated carbocycles. The molecule has 0 aliphatic rings. The molecule has 0 saturated heterocycles. The Labute approximate surface area is 125 Å². The summed E-state index contributed by atoms with van der Waals surface area (Å²) in [5.74, 6) is -1.06. The van der Waals surface area contributed by atoms with Gasteiger partial charge in [-0.2, -0.15) is 0 Å². The lowest BCUT2D eigenvalue weighted by Crippen LogP contribution is -2.40. The number of nitrogens with one attached hydrogen (secondary N) is 2.